The summed E-state index contributed by atoms with van der Waals surface area (Å²) < 4.78 is 0. The number of ketones is 1. The molecule has 2 aromatic rings. The Morgan fingerprint density at radius 2 is 1.93 bits per heavy atom. The van der Waals surface area contributed by atoms with Crippen LogP contribution in [0.2, 0.25) is 5.02 Å². The third-order valence-corrected chi connectivity index (χ3v) is 6.01. The quantitative estimate of drug-likeness (QED) is 0.445. The number of benzene rings is 2. The highest BCUT2D eigenvalue weighted by atomic mass is 35.5. The fourth-order valence-electron chi connectivity index (χ4n) is 3.81. The first kappa shape index (κ1) is 21.0. The lowest BCUT2D eigenvalue weighted by atomic mass is 9.95. The SMILES string of the molecule is CN(CCCCC(=O)c1ccc2c(c1)CN(C)CC2)CCc1ccccc1Cl. The highest BCUT2D eigenvalue weighted by molar-refractivity contribution is 6.31. The summed E-state index contributed by atoms with van der Waals surface area (Å²) in [4.78, 5) is 17.2. The molecule has 0 aliphatic carbocycles. The van der Waals surface area contributed by atoms with Crippen LogP contribution in [-0.4, -0.2) is 49.3 Å². The van der Waals surface area contributed by atoms with Crippen molar-refractivity contribution in [3.8, 4) is 0 Å². The van der Waals surface area contributed by atoms with Crippen molar-refractivity contribution in [3.63, 3.8) is 0 Å². The van der Waals surface area contributed by atoms with Crippen LogP contribution in [0.5, 0.6) is 0 Å². The zero-order chi connectivity index (χ0) is 19.9. The zero-order valence-electron chi connectivity index (χ0n) is 17.1. The van der Waals surface area contributed by atoms with Gasteiger partial charge in [0.1, 0.15) is 0 Å². The van der Waals surface area contributed by atoms with E-state index in [-0.39, 0.29) is 5.78 Å². The van der Waals surface area contributed by atoms with Gasteiger partial charge < -0.3 is 9.80 Å². The van der Waals surface area contributed by atoms with Crippen molar-refractivity contribution in [1.29, 1.82) is 0 Å². The van der Waals surface area contributed by atoms with Crippen LogP contribution >= 0.6 is 11.6 Å². The van der Waals surface area contributed by atoms with Crippen molar-refractivity contribution < 1.29 is 4.79 Å². The molecule has 0 atom stereocenters. The van der Waals surface area contributed by atoms with Gasteiger partial charge >= 0.3 is 0 Å². The van der Waals surface area contributed by atoms with E-state index in [0.717, 1.165) is 62.4 Å². The molecule has 1 heterocycles. The van der Waals surface area contributed by atoms with Crippen LogP contribution < -0.4 is 0 Å². The van der Waals surface area contributed by atoms with E-state index < -0.39 is 0 Å². The van der Waals surface area contributed by atoms with E-state index in [1.807, 2.05) is 24.3 Å². The Hall–Kier alpha value is -1.68. The Kier molecular flexibility index (Phi) is 7.66. The first-order chi connectivity index (χ1) is 13.5. The van der Waals surface area contributed by atoms with E-state index in [0.29, 0.717) is 6.42 Å². The number of likely N-dealkylation sites (N-methyl/N-ethyl adjacent to an activating group) is 2. The number of halogens is 1. The maximum Gasteiger partial charge on any atom is 0.162 e. The number of hydrogen-bond acceptors (Lipinski definition) is 3. The van der Waals surface area contributed by atoms with Crippen molar-refractivity contribution >= 4 is 17.4 Å². The standard InChI is InChI=1S/C24H31ClN2O/c1-26(15-13-20-7-3-4-8-23(20)25)14-6-5-9-24(28)21-11-10-19-12-16-27(2)18-22(19)17-21/h3-4,7-8,10-11,17H,5-6,9,12-16,18H2,1-2H3. The van der Waals surface area contributed by atoms with Gasteiger partial charge in [-0.1, -0.05) is 41.9 Å². The Balaban J connectivity index is 1.38. The monoisotopic (exact) mass is 398 g/mol. The van der Waals surface area contributed by atoms with Crippen LogP contribution in [0, 0.1) is 0 Å². The molecule has 2 aromatic carbocycles. The molecule has 1 aliphatic rings. The number of hydrogen-bond donors (Lipinski definition) is 0. The summed E-state index contributed by atoms with van der Waals surface area (Å²) >= 11 is 6.22. The average Bonchev–Trinajstić information content (AvgIpc) is 2.69. The normalized spacial score (nSPS) is 14.3. The Bertz CT molecular complexity index is 805. The number of rotatable bonds is 9. The maximum absolute atomic E-state index is 12.6. The molecule has 0 fully saturated rings. The summed E-state index contributed by atoms with van der Waals surface area (Å²) in [5, 5.41) is 0.845. The third kappa shape index (κ3) is 5.91. The van der Waals surface area contributed by atoms with E-state index in [1.54, 1.807) is 0 Å². The molecule has 4 heteroatoms. The molecule has 0 radical (unpaired) electrons. The topological polar surface area (TPSA) is 23.6 Å². The summed E-state index contributed by atoms with van der Waals surface area (Å²) in [7, 11) is 4.28. The lowest BCUT2D eigenvalue weighted by molar-refractivity contribution is 0.0978. The number of fused-ring (bicyclic) bond motifs is 1. The molecular weight excluding hydrogens is 368 g/mol. The predicted octanol–water partition coefficient (Wildman–Crippen LogP) is 4.86. The fraction of sp³-hybridized carbons (Fsp3) is 0.458. The third-order valence-electron chi connectivity index (χ3n) is 5.65. The number of Topliss-reactive ketones (excluding diaryl/α,β-unsaturated/α-hetero) is 1. The van der Waals surface area contributed by atoms with Gasteiger partial charge in [-0.3, -0.25) is 4.79 Å². The van der Waals surface area contributed by atoms with E-state index in [2.05, 4.69) is 42.1 Å². The Labute approximate surface area is 174 Å². The van der Waals surface area contributed by atoms with Gasteiger partial charge in [0.15, 0.2) is 5.78 Å². The van der Waals surface area contributed by atoms with Crippen molar-refractivity contribution in [2.24, 2.45) is 0 Å². The van der Waals surface area contributed by atoms with Crippen LogP contribution in [0.1, 0.15) is 46.3 Å². The number of carbonyl (C=O) groups excluding carboxylic acids is 1. The second-order valence-corrected chi connectivity index (χ2v) is 8.40. The average molecular weight is 399 g/mol. The largest absolute Gasteiger partial charge is 0.306 e. The molecule has 0 spiro atoms. The smallest absolute Gasteiger partial charge is 0.162 e. The second kappa shape index (κ2) is 10.2. The van der Waals surface area contributed by atoms with Crippen LogP contribution in [0.4, 0.5) is 0 Å². The first-order valence-corrected chi connectivity index (χ1v) is 10.7. The molecular formula is C24H31ClN2O. The summed E-state index contributed by atoms with van der Waals surface area (Å²) in [5.41, 5.74) is 4.79. The van der Waals surface area contributed by atoms with Gasteiger partial charge in [0.25, 0.3) is 0 Å². The van der Waals surface area contributed by atoms with Crippen molar-refractivity contribution in [2.45, 2.75) is 38.6 Å². The van der Waals surface area contributed by atoms with E-state index in [4.69, 9.17) is 11.6 Å². The number of unbranched alkanes of at least 4 members (excludes halogenated alkanes) is 1. The molecule has 0 bridgehead atoms. The van der Waals surface area contributed by atoms with Gasteiger partial charge in [-0.15, -0.1) is 0 Å². The lowest BCUT2D eigenvalue weighted by Crippen LogP contribution is -2.26. The van der Waals surface area contributed by atoms with Crippen LogP contribution in [0.15, 0.2) is 42.5 Å². The van der Waals surface area contributed by atoms with Gasteiger partial charge in [0.2, 0.25) is 0 Å². The second-order valence-electron chi connectivity index (χ2n) is 8.00. The Morgan fingerprint density at radius 3 is 2.75 bits per heavy atom. The summed E-state index contributed by atoms with van der Waals surface area (Å²) in [6.45, 7) is 4.04. The highest BCUT2D eigenvalue weighted by Gasteiger charge is 2.15. The lowest BCUT2D eigenvalue weighted by Gasteiger charge is -2.25. The molecule has 150 valence electrons. The molecule has 0 N–H and O–H groups in total. The van der Waals surface area contributed by atoms with Crippen molar-refractivity contribution in [1.82, 2.24) is 9.80 Å². The van der Waals surface area contributed by atoms with E-state index in [1.165, 1.54) is 16.7 Å². The van der Waals surface area contributed by atoms with Crippen LogP contribution in [0.3, 0.4) is 0 Å². The predicted molar refractivity (Wildman–Crippen MR) is 117 cm³/mol. The molecule has 3 rings (SSSR count). The maximum atomic E-state index is 12.6. The van der Waals surface area contributed by atoms with E-state index >= 15 is 0 Å². The van der Waals surface area contributed by atoms with E-state index in [9.17, 15) is 4.79 Å². The van der Waals surface area contributed by atoms with Crippen molar-refractivity contribution in [3.05, 3.63) is 69.7 Å². The molecule has 0 unspecified atom stereocenters. The van der Waals surface area contributed by atoms with Gasteiger partial charge in [-0.05, 0) is 75.1 Å². The molecule has 0 aromatic heterocycles. The first-order valence-electron chi connectivity index (χ1n) is 10.3. The zero-order valence-corrected chi connectivity index (χ0v) is 17.8. The fourth-order valence-corrected chi connectivity index (χ4v) is 4.04. The molecule has 0 amide bonds. The molecule has 1 aliphatic heterocycles. The minimum Gasteiger partial charge on any atom is -0.306 e. The molecule has 0 saturated carbocycles. The summed E-state index contributed by atoms with van der Waals surface area (Å²) in [5.74, 6) is 0.273. The molecule has 3 nitrogen and oxygen atoms in total. The molecule has 0 saturated heterocycles. The highest BCUT2D eigenvalue weighted by Crippen LogP contribution is 2.21. The number of nitrogens with zero attached hydrogens (tertiary/aromatic N) is 2. The minimum absolute atomic E-state index is 0.273. The van der Waals surface area contributed by atoms with Gasteiger partial charge in [0.05, 0.1) is 0 Å². The van der Waals surface area contributed by atoms with Gasteiger partial charge in [-0.25, -0.2) is 0 Å². The Morgan fingerprint density at radius 1 is 1.11 bits per heavy atom. The number of carbonyl (C=O) groups is 1. The summed E-state index contributed by atoms with van der Waals surface area (Å²) in [6.07, 6.45) is 4.65. The van der Waals surface area contributed by atoms with Crippen LogP contribution in [-0.2, 0) is 19.4 Å². The minimum atomic E-state index is 0.273. The van der Waals surface area contributed by atoms with Gasteiger partial charge in [0, 0.05) is 36.6 Å². The molecule has 28 heavy (non-hydrogen) atoms. The van der Waals surface area contributed by atoms with Crippen molar-refractivity contribution in [2.75, 3.05) is 33.7 Å². The summed E-state index contributed by atoms with van der Waals surface area (Å²) in [6, 6.07) is 14.3. The van der Waals surface area contributed by atoms with Gasteiger partial charge in [-0.2, -0.15) is 0 Å². The van der Waals surface area contributed by atoms with Crippen LogP contribution in [0.25, 0.3) is 0 Å².